The molecule has 0 unspecified atom stereocenters. The Labute approximate surface area is 83.2 Å². The zero-order chi connectivity index (χ0) is 10.8. The summed E-state index contributed by atoms with van der Waals surface area (Å²) in [5, 5.41) is 8.69. The third-order valence-electron chi connectivity index (χ3n) is 2.85. The Kier molecular flexibility index (Phi) is 3.16. The molecule has 1 aliphatic heterocycles. The first-order chi connectivity index (χ1) is 6.39. The van der Waals surface area contributed by atoms with Crippen LogP contribution in [0.25, 0.3) is 0 Å². The van der Waals surface area contributed by atoms with E-state index in [0.29, 0.717) is 12.8 Å². The molecule has 3 N–H and O–H groups in total. The summed E-state index contributed by atoms with van der Waals surface area (Å²) in [4.78, 5) is 10.6. The van der Waals surface area contributed by atoms with Crippen LogP contribution in [0.1, 0.15) is 19.3 Å². The summed E-state index contributed by atoms with van der Waals surface area (Å²) < 4.78 is 22.3. The monoisotopic (exact) mass is 221 g/mol. The molecule has 0 saturated carbocycles. The molecule has 0 aromatic carbocycles. The molecule has 0 amide bonds. The van der Waals surface area contributed by atoms with Crippen molar-refractivity contribution in [1.29, 1.82) is 0 Å². The van der Waals surface area contributed by atoms with Crippen molar-refractivity contribution in [1.82, 2.24) is 0 Å². The second-order valence-corrected chi connectivity index (χ2v) is 6.23. The van der Waals surface area contributed by atoms with Crippen molar-refractivity contribution in [2.45, 2.75) is 19.3 Å². The van der Waals surface area contributed by atoms with Crippen LogP contribution in [-0.2, 0) is 14.6 Å². The van der Waals surface area contributed by atoms with Crippen molar-refractivity contribution in [2.24, 2.45) is 11.1 Å². The minimum atomic E-state index is -2.95. The van der Waals surface area contributed by atoms with Crippen LogP contribution in [0.2, 0.25) is 0 Å². The molecule has 1 aliphatic rings. The van der Waals surface area contributed by atoms with Crippen LogP contribution in [0.15, 0.2) is 0 Å². The van der Waals surface area contributed by atoms with Crippen LogP contribution in [0.4, 0.5) is 0 Å². The van der Waals surface area contributed by atoms with E-state index in [1.54, 1.807) is 0 Å². The normalized spacial score (nSPS) is 24.4. The molecule has 0 aliphatic carbocycles. The van der Waals surface area contributed by atoms with Crippen molar-refractivity contribution < 1.29 is 18.3 Å². The molecule has 6 heteroatoms. The minimum absolute atomic E-state index is 0.0288. The van der Waals surface area contributed by atoms with Gasteiger partial charge in [-0.25, -0.2) is 8.42 Å². The molecular weight excluding hydrogens is 206 g/mol. The molecule has 0 aromatic rings. The number of carboxylic acid groups (broad SMARTS) is 1. The largest absolute Gasteiger partial charge is 0.481 e. The Morgan fingerprint density at radius 3 is 2.21 bits per heavy atom. The van der Waals surface area contributed by atoms with Crippen LogP contribution < -0.4 is 5.73 Å². The Hall–Kier alpha value is -0.620. The van der Waals surface area contributed by atoms with Gasteiger partial charge in [-0.1, -0.05) is 0 Å². The molecule has 14 heavy (non-hydrogen) atoms. The van der Waals surface area contributed by atoms with Crippen molar-refractivity contribution >= 4 is 15.8 Å². The molecule has 0 spiro atoms. The van der Waals surface area contributed by atoms with E-state index >= 15 is 0 Å². The molecule has 82 valence electrons. The van der Waals surface area contributed by atoms with Gasteiger partial charge >= 0.3 is 5.97 Å². The third kappa shape index (κ3) is 2.68. The van der Waals surface area contributed by atoms with E-state index < -0.39 is 21.2 Å². The topological polar surface area (TPSA) is 97.5 Å². The highest BCUT2D eigenvalue weighted by atomic mass is 32.2. The minimum Gasteiger partial charge on any atom is -0.481 e. The number of hydrogen-bond donors (Lipinski definition) is 2. The standard InChI is InChI=1S/C8H15NO4S/c9-6-8(5-7(10)11)1-3-14(12,13)4-2-8/h1-6,9H2,(H,10,11). The van der Waals surface area contributed by atoms with Gasteiger partial charge in [-0.3, -0.25) is 4.79 Å². The average molecular weight is 221 g/mol. The van der Waals surface area contributed by atoms with E-state index in [1.807, 2.05) is 0 Å². The summed E-state index contributed by atoms with van der Waals surface area (Å²) in [6.45, 7) is 0.245. The van der Waals surface area contributed by atoms with Crippen LogP contribution in [0, 0.1) is 5.41 Å². The summed E-state index contributed by atoms with van der Waals surface area (Å²) in [6.07, 6.45) is 0.718. The van der Waals surface area contributed by atoms with Gasteiger partial charge in [0, 0.05) is 0 Å². The Balaban J connectivity index is 2.70. The van der Waals surface area contributed by atoms with Gasteiger partial charge < -0.3 is 10.8 Å². The smallest absolute Gasteiger partial charge is 0.303 e. The number of hydrogen-bond acceptors (Lipinski definition) is 4. The van der Waals surface area contributed by atoms with E-state index in [0.717, 1.165) is 0 Å². The first-order valence-electron chi connectivity index (χ1n) is 4.51. The first kappa shape index (κ1) is 11.5. The van der Waals surface area contributed by atoms with Gasteiger partial charge in [-0.15, -0.1) is 0 Å². The number of aliphatic carboxylic acids is 1. The summed E-state index contributed by atoms with van der Waals surface area (Å²) >= 11 is 0. The lowest BCUT2D eigenvalue weighted by Crippen LogP contribution is -2.40. The molecule has 1 fully saturated rings. The SMILES string of the molecule is NCC1(CC(=O)O)CCS(=O)(=O)CC1. The highest BCUT2D eigenvalue weighted by Gasteiger charge is 2.37. The summed E-state index contributed by atoms with van der Waals surface area (Å²) in [5.74, 6) is -0.774. The second-order valence-electron chi connectivity index (χ2n) is 3.93. The quantitative estimate of drug-likeness (QED) is 0.676. The molecule has 0 atom stereocenters. The number of nitrogens with two attached hydrogens (primary N) is 1. The van der Waals surface area contributed by atoms with Gasteiger partial charge in [0.25, 0.3) is 0 Å². The van der Waals surface area contributed by atoms with Gasteiger partial charge in [-0.05, 0) is 24.8 Å². The van der Waals surface area contributed by atoms with E-state index in [9.17, 15) is 13.2 Å². The first-order valence-corrected chi connectivity index (χ1v) is 6.34. The maximum absolute atomic E-state index is 11.2. The maximum Gasteiger partial charge on any atom is 0.303 e. The lowest BCUT2D eigenvalue weighted by atomic mass is 9.79. The molecule has 1 rings (SSSR count). The van der Waals surface area contributed by atoms with Gasteiger partial charge in [0.1, 0.15) is 9.84 Å². The van der Waals surface area contributed by atoms with E-state index in [4.69, 9.17) is 10.8 Å². The fourth-order valence-corrected chi connectivity index (χ4v) is 3.44. The highest BCUT2D eigenvalue weighted by molar-refractivity contribution is 7.91. The van der Waals surface area contributed by atoms with Crippen molar-refractivity contribution in [3.05, 3.63) is 0 Å². The molecule has 1 heterocycles. The number of rotatable bonds is 3. The second kappa shape index (κ2) is 3.86. The van der Waals surface area contributed by atoms with E-state index in [2.05, 4.69) is 0 Å². The van der Waals surface area contributed by atoms with Crippen molar-refractivity contribution in [3.8, 4) is 0 Å². The van der Waals surface area contributed by atoms with Gasteiger partial charge in [0.15, 0.2) is 0 Å². The lowest BCUT2D eigenvalue weighted by Gasteiger charge is -2.34. The summed E-state index contributed by atoms with van der Waals surface area (Å²) in [7, 11) is -2.95. The van der Waals surface area contributed by atoms with Gasteiger partial charge in [0.2, 0.25) is 0 Å². The lowest BCUT2D eigenvalue weighted by molar-refractivity contribution is -0.139. The molecule has 0 aromatic heterocycles. The van der Waals surface area contributed by atoms with Gasteiger partial charge in [-0.2, -0.15) is 0 Å². The Morgan fingerprint density at radius 2 is 1.86 bits per heavy atom. The molecule has 0 radical (unpaired) electrons. The zero-order valence-electron chi connectivity index (χ0n) is 7.90. The Morgan fingerprint density at radius 1 is 1.36 bits per heavy atom. The average Bonchev–Trinajstić information content (AvgIpc) is 2.09. The third-order valence-corrected chi connectivity index (χ3v) is 4.50. The van der Waals surface area contributed by atoms with E-state index in [-0.39, 0.29) is 24.5 Å². The Bertz CT molecular complexity index is 308. The maximum atomic E-state index is 11.2. The van der Waals surface area contributed by atoms with Crippen LogP contribution in [0.3, 0.4) is 0 Å². The van der Waals surface area contributed by atoms with E-state index in [1.165, 1.54) is 0 Å². The number of sulfone groups is 1. The molecule has 0 bridgehead atoms. The predicted molar refractivity (Wildman–Crippen MR) is 51.6 cm³/mol. The molecule has 5 nitrogen and oxygen atoms in total. The van der Waals surface area contributed by atoms with Crippen molar-refractivity contribution in [3.63, 3.8) is 0 Å². The molecular formula is C8H15NO4S. The van der Waals surface area contributed by atoms with Crippen molar-refractivity contribution in [2.75, 3.05) is 18.1 Å². The molecule has 1 saturated heterocycles. The number of carboxylic acids is 1. The van der Waals surface area contributed by atoms with Crippen LogP contribution >= 0.6 is 0 Å². The van der Waals surface area contributed by atoms with Crippen LogP contribution in [-0.4, -0.2) is 37.5 Å². The van der Waals surface area contributed by atoms with Gasteiger partial charge in [0.05, 0.1) is 17.9 Å². The fourth-order valence-electron chi connectivity index (χ4n) is 1.74. The number of carbonyl (C=O) groups is 1. The summed E-state index contributed by atoms with van der Waals surface area (Å²) in [5.41, 5.74) is 5.01. The highest BCUT2D eigenvalue weighted by Crippen LogP contribution is 2.34. The summed E-state index contributed by atoms with van der Waals surface area (Å²) in [6, 6.07) is 0. The fraction of sp³-hybridized carbons (Fsp3) is 0.875. The zero-order valence-corrected chi connectivity index (χ0v) is 8.72. The predicted octanol–water partition coefficient (Wildman–Crippen LogP) is -0.385. The van der Waals surface area contributed by atoms with Crippen LogP contribution in [0.5, 0.6) is 0 Å².